The van der Waals surface area contributed by atoms with Crippen molar-refractivity contribution >= 4 is 29.8 Å². The van der Waals surface area contributed by atoms with E-state index >= 15 is 0 Å². The molecule has 1 rings (SSSR count). The molecule has 12 nitrogen and oxygen atoms in total. The number of carbonyl (C=O) groups is 5. The fraction of sp³-hybridized carbons (Fsp3) is 0.667. The van der Waals surface area contributed by atoms with Crippen LogP contribution >= 0.6 is 0 Å². The van der Waals surface area contributed by atoms with Crippen LogP contribution in [0.15, 0.2) is 30.3 Å². The summed E-state index contributed by atoms with van der Waals surface area (Å²) in [4.78, 5) is 49.2. The maximum atomic E-state index is 10.3. The minimum atomic E-state index is -2.27. The zero-order valence-corrected chi connectivity index (χ0v) is 26.9. The van der Waals surface area contributed by atoms with E-state index in [0.29, 0.717) is 6.42 Å². The lowest BCUT2D eigenvalue weighted by Gasteiger charge is -2.07. The number of hydrogen-bond donors (Lipinski definition) is 7. The first kappa shape index (κ1) is 45.9. The van der Waals surface area contributed by atoms with E-state index in [0.717, 1.165) is 12.8 Å². The molecule has 2 unspecified atom stereocenters. The Hall–Kier alpha value is -3.51. The fourth-order valence-electron chi connectivity index (χ4n) is 3.67. The SMILES string of the molecule is CCCCCCCCCCCCCCCCCC(=O)O.Cc1ccccc1.O=C(O)C(O)C(O)C(=O)O.O=C(O)CCC(=O)O. The molecule has 0 aliphatic heterocycles. The van der Waals surface area contributed by atoms with Crippen LogP contribution in [0, 0.1) is 6.92 Å². The lowest BCUT2D eigenvalue weighted by atomic mass is 10.0. The van der Waals surface area contributed by atoms with Crippen LogP contribution in [0.2, 0.25) is 0 Å². The van der Waals surface area contributed by atoms with Gasteiger partial charge in [-0.3, -0.25) is 14.4 Å². The number of aliphatic carboxylic acids is 5. The smallest absolute Gasteiger partial charge is 0.335 e. The highest BCUT2D eigenvalue weighted by Crippen LogP contribution is 2.13. The average molecular weight is 645 g/mol. The number of aliphatic hydroxyl groups excluding tert-OH is 2. The summed E-state index contributed by atoms with van der Waals surface area (Å²) in [7, 11) is 0. The fourth-order valence-corrected chi connectivity index (χ4v) is 3.67. The highest BCUT2D eigenvalue weighted by atomic mass is 16.4. The molecular formula is C33H56O12. The van der Waals surface area contributed by atoms with Crippen LogP contribution in [-0.2, 0) is 24.0 Å². The van der Waals surface area contributed by atoms with Gasteiger partial charge < -0.3 is 35.7 Å². The molecule has 0 aromatic heterocycles. The number of unbranched alkanes of at least 4 members (excludes halogenated alkanes) is 14. The lowest BCUT2D eigenvalue weighted by molar-refractivity contribution is -0.165. The van der Waals surface area contributed by atoms with Crippen molar-refractivity contribution in [2.75, 3.05) is 0 Å². The summed E-state index contributed by atoms with van der Waals surface area (Å²) in [6.07, 6.45) is 15.1. The van der Waals surface area contributed by atoms with E-state index in [1.807, 2.05) is 18.2 Å². The van der Waals surface area contributed by atoms with Gasteiger partial charge in [-0.1, -0.05) is 133 Å². The third-order valence-corrected chi connectivity index (χ3v) is 6.29. The summed E-state index contributed by atoms with van der Waals surface area (Å²) >= 11 is 0. The van der Waals surface area contributed by atoms with Crippen molar-refractivity contribution in [2.24, 2.45) is 0 Å². The van der Waals surface area contributed by atoms with Crippen molar-refractivity contribution in [3.05, 3.63) is 35.9 Å². The molecule has 1 aromatic rings. The van der Waals surface area contributed by atoms with E-state index < -0.39 is 42.1 Å². The number of benzene rings is 1. The van der Waals surface area contributed by atoms with Crippen LogP contribution < -0.4 is 0 Å². The Morgan fingerprint density at radius 2 is 0.778 bits per heavy atom. The highest BCUT2D eigenvalue weighted by molar-refractivity contribution is 5.83. The van der Waals surface area contributed by atoms with Crippen molar-refractivity contribution in [1.29, 1.82) is 0 Å². The van der Waals surface area contributed by atoms with E-state index in [1.165, 1.54) is 89.0 Å². The second kappa shape index (κ2) is 33.4. The standard InChI is InChI=1S/C18H36O2.C7H8.C4H6O6.C4H6O4/c1-2-3-4-5-6-7-8-9-10-11-12-13-14-15-16-17-18(19)20;1-7-5-3-2-4-6-7;5-1(3(7)8)2(6)4(9)10;5-3(6)1-2-4(7)8/h2-17H2,1H3,(H,19,20);2-6H,1H3;1-2,5-6H,(H,7,8)(H,9,10);1-2H2,(H,5,6)(H,7,8). The minimum absolute atomic E-state index is 0.296. The molecule has 0 aliphatic rings. The number of hydrogen-bond acceptors (Lipinski definition) is 7. The normalized spacial score (nSPS) is 11.2. The van der Waals surface area contributed by atoms with E-state index in [4.69, 9.17) is 35.7 Å². The van der Waals surface area contributed by atoms with Crippen LogP contribution in [0.1, 0.15) is 128 Å². The van der Waals surface area contributed by atoms with Gasteiger partial charge in [0.25, 0.3) is 0 Å². The van der Waals surface area contributed by atoms with Gasteiger partial charge in [-0.05, 0) is 13.3 Å². The van der Waals surface area contributed by atoms with Crippen molar-refractivity contribution in [2.45, 2.75) is 142 Å². The zero-order valence-electron chi connectivity index (χ0n) is 26.9. The summed E-state index contributed by atoms with van der Waals surface area (Å²) in [6.45, 7) is 4.35. The Morgan fingerprint density at radius 1 is 0.489 bits per heavy atom. The van der Waals surface area contributed by atoms with Gasteiger partial charge in [-0.25, -0.2) is 9.59 Å². The number of carboxylic acid groups (broad SMARTS) is 5. The second-order valence-corrected chi connectivity index (χ2v) is 10.6. The number of aliphatic hydroxyl groups is 2. The maximum Gasteiger partial charge on any atom is 0.335 e. The quantitative estimate of drug-likeness (QED) is 0.0706. The van der Waals surface area contributed by atoms with E-state index in [9.17, 15) is 24.0 Å². The molecule has 0 spiro atoms. The molecular weight excluding hydrogens is 588 g/mol. The number of carboxylic acids is 5. The largest absolute Gasteiger partial charge is 0.481 e. The van der Waals surface area contributed by atoms with Crippen LogP contribution in [0.5, 0.6) is 0 Å². The predicted molar refractivity (Wildman–Crippen MR) is 170 cm³/mol. The molecule has 7 N–H and O–H groups in total. The van der Waals surface area contributed by atoms with Gasteiger partial charge in [0, 0.05) is 6.42 Å². The van der Waals surface area contributed by atoms with Gasteiger partial charge in [-0.2, -0.15) is 0 Å². The summed E-state index contributed by atoms with van der Waals surface area (Å²) in [5, 5.41) is 56.8. The van der Waals surface area contributed by atoms with Gasteiger partial charge in [0.15, 0.2) is 12.2 Å². The van der Waals surface area contributed by atoms with Crippen molar-refractivity contribution in [3.63, 3.8) is 0 Å². The van der Waals surface area contributed by atoms with Crippen LogP contribution in [0.25, 0.3) is 0 Å². The van der Waals surface area contributed by atoms with Gasteiger partial charge in [0.1, 0.15) is 0 Å². The molecule has 45 heavy (non-hydrogen) atoms. The lowest BCUT2D eigenvalue weighted by Crippen LogP contribution is -2.39. The first-order valence-electron chi connectivity index (χ1n) is 15.7. The Balaban J connectivity index is -0.000000584. The molecule has 0 saturated carbocycles. The Kier molecular flexibility index (Phi) is 34.1. The molecule has 1 aromatic carbocycles. The molecule has 0 aliphatic carbocycles. The molecule has 0 amide bonds. The van der Waals surface area contributed by atoms with E-state index in [2.05, 4.69) is 26.0 Å². The molecule has 0 saturated heterocycles. The average Bonchev–Trinajstić information content (AvgIpc) is 2.98. The molecule has 0 bridgehead atoms. The highest BCUT2D eigenvalue weighted by Gasteiger charge is 2.29. The topological polar surface area (TPSA) is 227 Å². The monoisotopic (exact) mass is 644 g/mol. The second-order valence-electron chi connectivity index (χ2n) is 10.6. The maximum absolute atomic E-state index is 10.3. The Bertz CT molecular complexity index is 857. The molecule has 0 radical (unpaired) electrons. The first-order chi connectivity index (χ1) is 21.3. The van der Waals surface area contributed by atoms with Crippen LogP contribution in [-0.4, -0.2) is 77.8 Å². The molecule has 0 heterocycles. The summed E-state index contributed by atoms with van der Waals surface area (Å²) in [5.41, 5.74) is 1.32. The number of rotatable bonds is 22. The summed E-state index contributed by atoms with van der Waals surface area (Å²) < 4.78 is 0. The summed E-state index contributed by atoms with van der Waals surface area (Å²) in [5.74, 6) is -6.34. The van der Waals surface area contributed by atoms with Crippen molar-refractivity contribution in [3.8, 4) is 0 Å². The van der Waals surface area contributed by atoms with Gasteiger partial charge in [0.05, 0.1) is 12.8 Å². The molecule has 12 heteroatoms. The Morgan fingerprint density at radius 3 is 1.00 bits per heavy atom. The van der Waals surface area contributed by atoms with Crippen molar-refractivity contribution < 1.29 is 59.7 Å². The minimum Gasteiger partial charge on any atom is -0.481 e. The third kappa shape index (κ3) is 40.5. The number of aryl methyl sites for hydroxylation is 1. The van der Waals surface area contributed by atoms with Crippen molar-refractivity contribution in [1.82, 2.24) is 0 Å². The molecule has 260 valence electrons. The summed E-state index contributed by atoms with van der Waals surface area (Å²) in [6, 6.07) is 10.3. The van der Waals surface area contributed by atoms with Crippen LogP contribution in [0.3, 0.4) is 0 Å². The molecule has 0 fully saturated rings. The van der Waals surface area contributed by atoms with Gasteiger partial charge in [-0.15, -0.1) is 0 Å². The first-order valence-corrected chi connectivity index (χ1v) is 15.7. The van der Waals surface area contributed by atoms with E-state index in [1.54, 1.807) is 0 Å². The third-order valence-electron chi connectivity index (χ3n) is 6.29. The Labute approximate surface area is 267 Å². The van der Waals surface area contributed by atoms with Crippen LogP contribution in [0.4, 0.5) is 0 Å². The zero-order chi connectivity index (χ0) is 34.9. The molecule has 2 atom stereocenters. The van der Waals surface area contributed by atoms with Gasteiger partial charge in [0.2, 0.25) is 0 Å². The van der Waals surface area contributed by atoms with Gasteiger partial charge >= 0.3 is 29.8 Å². The predicted octanol–water partition coefficient (Wildman–Crippen LogP) is 6.14. The van der Waals surface area contributed by atoms with E-state index in [-0.39, 0.29) is 12.8 Å².